The highest BCUT2D eigenvalue weighted by atomic mass is 16.5. The van der Waals surface area contributed by atoms with Crippen molar-refractivity contribution < 1.29 is 14.3 Å². The molecule has 0 aliphatic heterocycles. The number of nitrogens with zero attached hydrogens (tertiary/aromatic N) is 2. The summed E-state index contributed by atoms with van der Waals surface area (Å²) in [5.74, 6) is 1.67. The zero-order valence-electron chi connectivity index (χ0n) is 16.2. The Labute approximate surface area is 163 Å². The summed E-state index contributed by atoms with van der Waals surface area (Å²) in [4.78, 5) is 12.4. The lowest BCUT2D eigenvalue weighted by Crippen LogP contribution is -2.13. The summed E-state index contributed by atoms with van der Waals surface area (Å²) in [7, 11) is 3.06. The SMILES string of the molecule is COc1ccc(C(=O)Nc2ccc(Nc3cc(C)cc(C)c3)nn2)cc1OC. The Morgan fingerprint density at radius 3 is 2.07 bits per heavy atom. The molecule has 1 aromatic heterocycles. The topological polar surface area (TPSA) is 85.4 Å². The molecular formula is C21H22N4O3. The quantitative estimate of drug-likeness (QED) is 0.671. The van der Waals surface area contributed by atoms with Crippen LogP contribution in [0.2, 0.25) is 0 Å². The van der Waals surface area contributed by atoms with Crippen LogP contribution >= 0.6 is 0 Å². The van der Waals surface area contributed by atoms with Crippen LogP contribution in [0, 0.1) is 13.8 Å². The largest absolute Gasteiger partial charge is 0.493 e. The van der Waals surface area contributed by atoms with Crippen molar-refractivity contribution in [3.8, 4) is 11.5 Å². The number of ether oxygens (including phenoxy) is 2. The Morgan fingerprint density at radius 2 is 1.46 bits per heavy atom. The maximum absolute atomic E-state index is 12.4. The first-order chi connectivity index (χ1) is 13.5. The van der Waals surface area contributed by atoms with Gasteiger partial charge in [-0.15, -0.1) is 10.2 Å². The van der Waals surface area contributed by atoms with Crippen molar-refractivity contribution in [1.82, 2.24) is 10.2 Å². The Balaban J connectivity index is 1.69. The van der Waals surface area contributed by atoms with Gasteiger partial charge < -0.3 is 20.1 Å². The van der Waals surface area contributed by atoms with Gasteiger partial charge in [0.2, 0.25) is 0 Å². The van der Waals surface area contributed by atoms with Gasteiger partial charge in [-0.2, -0.15) is 0 Å². The highest BCUT2D eigenvalue weighted by Crippen LogP contribution is 2.27. The molecular weight excluding hydrogens is 356 g/mol. The van der Waals surface area contributed by atoms with E-state index in [1.165, 1.54) is 7.11 Å². The molecule has 0 aliphatic rings. The van der Waals surface area contributed by atoms with Crippen molar-refractivity contribution in [3.05, 3.63) is 65.2 Å². The number of aromatic nitrogens is 2. The molecule has 2 aromatic carbocycles. The third-order valence-electron chi connectivity index (χ3n) is 4.05. The summed E-state index contributed by atoms with van der Waals surface area (Å²) < 4.78 is 10.4. The Hall–Kier alpha value is -3.61. The van der Waals surface area contributed by atoms with Gasteiger partial charge in [0, 0.05) is 11.3 Å². The molecule has 3 aromatic rings. The molecule has 144 valence electrons. The molecule has 2 N–H and O–H groups in total. The van der Waals surface area contributed by atoms with E-state index in [1.807, 2.05) is 26.0 Å². The van der Waals surface area contributed by atoms with Gasteiger partial charge in [0.15, 0.2) is 23.1 Å². The van der Waals surface area contributed by atoms with Crippen LogP contribution in [0.5, 0.6) is 11.5 Å². The van der Waals surface area contributed by atoms with Crippen LogP contribution in [-0.4, -0.2) is 30.3 Å². The molecule has 0 saturated heterocycles. The van der Waals surface area contributed by atoms with Crippen molar-refractivity contribution in [1.29, 1.82) is 0 Å². The highest BCUT2D eigenvalue weighted by Gasteiger charge is 2.12. The van der Waals surface area contributed by atoms with E-state index in [-0.39, 0.29) is 5.91 Å². The second kappa shape index (κ2) is 8.39. The Kier molecular flexibility index (Phi) is 5.74. The monoisotopic (exact) mass is 378 g/mol. The molecule has 3 rings (SSSR count). The van der Waals surface area contributed by atoms with Gasteiger partial charge in [0.25, 0.3) is 5.91 Å². The molecule has 0 unspecified atom stereocenters. The van der Waals surface area contributed by atoms with E-state index in [4.69, 9.17) is 9.47 Å². The fourth-order valence-electron chi connectivity index (χ4n) is 2.83. The normalized spacial score (nSPS) is 10.3. The number of nitrogens with one attached hydrogen (secondary N) is 2. The van der Waals surface area contributed by atoms with Gasteiger partial charge >= 0.3 is 0 Å². The predicted octanol–water partition coefficient (Wildman–Crippen LogP) is 4.11. The number of aryl methyl sites for hydroxylation is 2. The van der Waals surface area contributed by atoms with Gasteiger partial charge in [-0.3, -0.25) is 4.79 Å². The third-order valence-corrected chi connectivity index (χ3v) is 4.05. The van der Waals surface area contributed by atoms with Gasteiger partial charge in [-0.05, 0) is 67.4 Å². The molecule has 0 spiro atoms. The summed E-state index contributed by atoms with van der Waals surface area (Å²) >= 11 is 0. The first kappa shape index (κ1) is 19.2. The lowest BCUT2D eigenvalue weighted by molar-refractivity contribution is 0.102. The molecule has 7 heteroatoms. The number of anilines is 3. The summed E-state index contributed by atoms with van der Waals surface area (Å²) in [5.41, 5.74) is 3.69. The molecule has 0 atom stereocenters. The van der Waals surface area contributed by atoms with Gasteiger partial charge in [0.05, 0.1) is 14.2 Å². The number of amides is 1. The number of hydrogen-bond acceptors (Lipinski definition) is 6. The minimum Gasteiger partial charge on any atom is -0.493 e. The van der Waals surface area contributed by atoms with Crippen LogP contribution in [-0.2, 0) is 0 Å². The van der Waals surface area contributed by atoms with Crippen LogP contribution < -0.4 is 20.1 Å². The maximum Gasteiger partial charge on any atom is 0.257 e. The van der Waals surface area contributed by atoms with Crippen LogP contribution in [0.15, 0.2) is 48.5 Å². The number of hydrogen-bond donors (Lipinski definition) is 2. The third kappa shape index (κ3) is 4.56. The minimum absolute atomic E-state index is 0.315. The average Bonchev–Trinajstić information content (AvgIpc) is 2.68. The van der Waals surface area contributed by atoms with E-state index in [0.29, 0.717) is 28.7 Å². The second-order valence-corrected chi connectivity index (χ2v) is 6.33. The van der Waals surface area contributed by atoms with Crippen LogP contribution in [0.25, 0.3) is 0 Å². The molecule has 1 heterocycles. The van der Waals surface area contributed by atoms with Crippen molar-refractivity contribution in [2.24, 2.45) is 0 Å². The average molecular weight is 378 g/mol. The number of carbonyl (C=O) groups is 1. The fraction of sp³-hybridized carbons (Fsp3) is 0.190. The standard InChI is InChI=1S/C21H22N4O3/c1-13-9-14(2)11-16(10-13)22-19-7-8-20(25-24-19)23-21(26)15-5-6-17(27-3)18(12-15)28-4/h5-12H,1-4H3,(H,22,24)(H,23,25,26). The molecule has 0 aliphatic carbocycles. The lowest BCUT2D eigenvalue weighted by atomic mass is 10.1. The number of benzene rings is 2. The fourth-order valence-corrected chi connectivity index (χ4v) is 2.83. The predicted molar refractivity (Wildman–Crippen MR) is 109 cm³/mol. The van der Waals surface area contributed by atoms with Crippen molar-refractivity contribution in [2.45, 2.75) is 13.8 Å². The zero-order valence-corrected chi connectivity index (χ0v) is 16.2. The number of carbonyl (C=O) groups excluding carboxylic acids is 1. The summed E-state index contributed by atoms with van der Waals surface area (Å²) in [6, 6.07) is 14.5. The van der Waals surface area contributed by atoms with Gasteiger partial charge in [0.1, 0.15) is 0 Å². The van der Waals surface area contributed by atoms with Crippen LogP contribution in [0.1, 0.15) is 21.5 Å². The summed E-state index contributed by atoms with van der Waals surface area (Å²) in [6.07, 6.45) is 0. The maximum atomic E-state index is 12.4. The van der Waals surface area contributed by atoms with Crippen molar-refractivity contribution >= 4 is 23.2 Å². The lowest BCUT2D eigenvalue weighted by Gasteiger charge is -2.10. The number of rotatable bonds is 6. The van der Waals surface area contributed by atoms with Crippen molar-refractivity contribution in [2.75, 3.05) is 24.9 Å². The highest BCUT2D eigenvalue weighted by molar-refractivity contribution is 6.04. The van der Waals surface area contributed by atoms with E-state index in [9.17, 15) is 4.79 Å². The van der Waals surface area contributed by atoms with Gasteiger partial charge in [-0.25, -0.2) is 0 Å². The smallest absolute Gasteiger partial charge is 0.257 e. The number of methoxy groups -OCH3 is 2. The molecule has 0 saturated carbocycles. The first-order valence-electron chi connectivity index (χ1n) is 8.71. The molecule has 0 bridgehead atoms. The molecule has 28 heavy (non-hydrogen) atoms. The minimum atomic E-state index is -0.315. The van der Waals surface area contributed by atoms with E-state index < -0.39 is 0 Å². The van der Waals surface area contributed by atoms with Gasteiger partial charge in [-0.1, -0.05) is 6.07 Å². The van der Waals surface area contributed by atoms with Crippen LogP contribution in [0.4, 0.5) is 17.3 Å². The van der Waals surface area contributed by atoms with Crippen molar-refractivity contribution in [3.63, 3.8) is 0 Å². The zero-order chi connectivity index (χ0) is 20.1. The molecule has 0 radical (unpaired) electrons. The summed E-state index contributed by atoms with van der Waals surface area (Å²) in [6.45, 7) is 4.08. The van der Waals surface area contributed by atoms with E-state index in [0.717, 1.165) is 16.8 Å². The molecule has 1 amide bonds. The van der Waals surface area contributed by atoms with E-state index in [2.05, 4.69) is 26.9 Å². The Bertz CT molecular complexity index is 967. The Morgan fingerprint density at radius 1 is 0.821 bits per heavy atom. The summed E-state index contributed by atoms with van der Waals surface area (Å²) in [5, 5.41) is 14.1. The molecule has 7 nitrogen and oxygen atoms in total. The van der Waals surface area contributed by atoms with E-state index >= 15 is 0 Å². The van der Waals surface area contributed by atoms with E-state index in [1.54, 1.807) is 37.4 Å². The first-order valence-corrected chi connectivity index (χ1v) is 8.71. The molecule has 0 fully saturated rings. The van der Waals surface area contributed by atoms with Crippen LogP contribution in [0.3, 0.4) is 0 Å². The second-order valence-electron chi connectivity index (χ2n) is 6.33.